The van der Waals surface area contributed by atoms with E-state index in [1.807, 2.05) is 30.5 Å². The molecule has 2 nitrogen and oxygen atoms in total. The lowest BCUT2D eigenvalue weighted by atomic mass is 10.1. The minimum absolute atomic E-state index is 1.04. The van der Waals surface area contributed by atoms with Crippen LogP contribution in [0.3, 0.4) is 0 Å². The first-order valence-electron chi connectivity index (χ1n) is 6.34. The molecule has 1 aromatic heterocycles. The monoisotopic (exact) mass is 244 g/mol. The maximum absolute atomic E-state index is 4.61. The van der Waals surface area contributed by atoms with Crippen molar-refractivity contribution in [3.05, 3.63) is 60.2 Å². The SMILES string of the molecule is C1=CC=Nc2c(ccc3[nH]c4ccccc4c23)C=C1. The van der Waals surface area contributed by atoms with Crippen LogP contribution < -0.4 is 0 Å². The molecule has 0 amide bonds. The number of allylic oxidation sites excluding steroid dienone is 3. The Labute approximate surface area is 110 Å². The summed E-state index contributed by atoms with van der Waals surface area (Å²) in [4.78, 5) is 8.06. The summed E-state index contributed by atoms with van der Waals surface area (Å²) in [5.74, 6) is 0. The first-order valence-corrected chi connectivity index (χ1v) is 6.34. The number of nitrogens with one attached hydrogen (secondary N) is 1. The molecule has 0 saturated heterocycles. The molecule has 0 aliphatic carbocycles. The zero-order valence-electron chi connectivity index (χ0n) is 10.3. The van der Waals surface area contributed by atoms with Gasteiger partial charge in [0.1, 0.15) is 0 Å². The van der Waals surface area contributed by atoms with Gasteiger partial charge in [0.25, 0.3) is 0 Å². The predicted octanol–water partition coefficient (Wildman–Crippen LogP) is 4.61. The molecule has 0 radical (unpaired) electrons. The molecular formula is C17H12N2. The minimum atomic E-state index is 1.04. The number of para-hydroxylation sites is 1. The van der Waals surface area contributed by atoms with E-state index in [2.05, 4.69) is 46.4 Å². The van der Waals surface area contributed by atoms with Crippen LogP contribution in [0.25, 0.3) is 27.9 Å². The van der Waals surface area contributed by atoms with E-state index in [0.717, 1.165) is 22.3 Å². The van der Waals surface area contributed by atoms with Crippen LogP contribution in [0.5, 0.6) is 0 Å². The molecule has 0 atom stereocenters. The fourth-order valence-electron chi connectivity index (χ4n) is 2.60. The van der Waals surface area contributed by atoms with Gasteiger partial charge in [-0.15, -0.1) is 0 Å². The summed E-state index contributed by atoms with van der Waals surface area (Å²) in [5.41, 5.74) is 4.48. The Hall–Kier alpha value is -2.61. The summed E-state index contributed by atoms with van der Waals surface area (Å²) in [6.07, 6.45) is 9.94. The van der Waals surface area contributed by atoms with E-state index in [1.54, 1.807) is 0 Å². The summed E-state index contributed by atoms with van der Waals surface area (Å²) >= 11 is 0. The number of aliphatic imine (C=N–C) groups is 1. The normalized spacial score (nSPS) is 13.7. The van der Waals surface area contributed by atoms with E-state index in [0.29, 0.717) is 0 Å². The van der Waals surface area contributed by atoms with Crippen molar-refractivity contribution in [1.82, 2.24) is 4.98 Å². The molecule has 4 rings (SSSR count). The number of nitrogens with zero attached hydrogens (tertiary/aromatic N) is 1. The largest absolute Gasteiger partial charge is 0.354 e. The minimum Gasteiger partial charge on any atom is -0.354 e. The van der Waals surface area contributed by atoms with Gasteiger partial charge in [-0.25, -0.2) is 0 Å². The molecular weight excluding hydrogens is 232 g/mol. The topological polar surface area (TPSA) is 28.1 Å². The summed E-state index contributed by atoms with van der Waals surface area (Å²) < 4.78 is 0. The van der Waals surface area contributed by atoms with Crippen molar-refractivity contribution in [2.75, 3.05) is 0 Å². The first-order chi connectivity index (χ1) is 9.43. The average molecular weight is 244 g/mol. The number of hydrogen-bond acceptors (Lipinski definition) is 1. The second-order valence-electron chi connectivity index (χ2n) is 4.62. The van der Waals surface area contributed by atoms with E-state index in [-0.39, 0.29) is 0 Å². The number of H-pyrrole nitrogens is 1. The van der Waals surface area contributed by atoms with Crippen molar-refractivity contribution in [2.24, 2.45) is 4.99 Å². The molecule has 1 aliphatic heterocycles. The molecule has 0 saturated carbocycles. The summed E-state index contributed by atoms with van der Waals surface area (Å²) in [7, 11) is 0. The maximum Gasteiger partial charge on any atom is 0.0801 e. The number of fused-ring (bicyclic) bond motifs is 5. The number of benzene rings is 2. The molecule has 19 heavy (non-hydrogen) atoms. The zero-order valence-corrected chi connectivity index (χ0v) is 10.3. The molecule has 0 bridgehead atoms. The third-order valence-electron chi connectivity index (χ3n) is 3.46. The van der Waals surface area contributed by atoms with E-state index < -0.39 is 0 Å². The fraction of sp³-hybridized carbons (Fsp3) is 0. The van der Waals surface area contributed by atoms with Crippen LogP contribution in [0.15, 0.2) is 59.6 Å². The van der Waals surface area contributed by atoms with Gasteiger partial charge in [0.15, 0.2) is 0 Å². The van der Waals surface area contributed by atoms with Crippen molar-refractivity contribution in [1.29, 1.82) is 0 Å². The van der Waals surface area contributed by atoms with Gasteiger partial charge in [-0.3, -0.25) is 4.99 Å². The smallest absolute Gasteiger partial charge is 0.0801 e. The molecule has 1 aliphatic rings. The maximum atomic E-state index is 4.61. The molecule has 1 N–H and O–H groups in total. The number of aromatic nitrogens is 1. The second kappa shape index (κ2) is 3.95. The molecule has 0 fully saturated rings. The second-order valence-corrected chi connectivity index (χ2v) is 4.62. The average Bonchev–Trinajstić information content (AvgIpc) is 2.77. The Morgan fingerprint density at radius 3 is 2.79 bits per heavy atom. The predicted molar refractivity (Wildman–Crippen MR) is 82.1 cm³/mol. The van der Waals surface area contributed by atoms with E-state index in [1.165, 1.54) is 10.8 Å². The van der Waals surface area contributed by atoms with Crippen molar-refractivity contribution in [3.8, 4) is 0 Å². The Morgan fingerprint density at radius 2 is 1.79 bits per heavy atom. The van der Waals surface area contributed by atoms with Crippen LogP contribution in [-0.4, -0.2) is 11.2 Å². The zero-order chi connectivity index (χ0) is 12.7. The Kier molecular flexibility index (Phi) is 2.15. The molecule has 0 spiro atoms. The Bertz CT molecular complexity index is 863. The Morgan fingerprint density at radius 1 is 0.842 bits per heavy atom. The highest BCUT2D eigenvalue weighted by Gasteiger charge is 2.10. The molecule has 0 unspecified atom stereocenters. The molecule has 2 heterocycles. The van der Waals surface area contributed by atoms with Gasteiger partial charge in [0.05, 0.1) is 5.69 Å². The number of aromatic amines is 1. The van der Waals surface area contributed by atoms with Crippen LogP contribution in [0.4, 0.5) is 5.69 Å². The highest BCUT2D eigenvalue weighted by atomic mass is 14.8. The number of hydrogen-bond donors (Lipinski definition) is 1. The van der Waals surface area contributed by atoms with Crippen LogP contribution in [-0.2, 0) is 0 Å². The van der Waals surface area contributed by atoms with Gasteiger partial charge in [0.2, 0.25) is 0 Å². The first kappa shape index (κ1) is 10.3. The fourth-order valence-corrected chi connectivity index (χ4v) is 2.60. The van der Waals surface area contributed by atoms with E-state index in [4.69, 9.17) is 0 Å². The lowest BCUT2D eigenvalue weighted by Gasteiger charge is -2.04. The van der Waals surface area contributed by atoms with Gasteiger partial charge in [-0.1, -0.05) is 42.5 Å². The summed E-state index contributed by atoms with van der Waals surface area (Å²) in [5, 5.41) is 2.42. The van der Waals surface area contributed by atoms with Crippen LogP contribution >= 0.6 is 0 Å². The summed E-state index contributed by atoms with van der Waals surface area (Å²) in [6, 6.07) is 12.6. The van der Waals surface area contributed by atoms with Gasteiger partial charge in [-0.05, 0) is 18.2 Å². The lowest BCUT2D eigenvalue weighted by molar-refractivity contribution is 1.52. The highest BCUT2D eigenvalue weighted by Crippen LogP contribution is 2.36. The molecule has 3 aromatic rings. The van der Waals surface area contributed by atoms with Gasteiger partial charge < -0.3 is 4.98 Å². The molecule has 90 valence electrons. The van der Waals surface area contributed by atoms with E-state index >= 15 is 0 Å². The number of rotatable bonds is 0. The standard InChI is InChI=1S/C17H12N2/c1-2-6-12-9-10-15-16(17(12)18-11-5-1)13-7-3-4-8-14(13)19-15/h1-11,19H. The van der Waals surface area contributed by atoms with Crippen molar-refractivity contribution < 1.29 is 0 Å². The van der Waals surface area contributed by atoms with Crippen molar-refractivity contribution in [2.45, 2.75) is 0 Å². The molecule has 2 aromatic carbocycles. The van der Waals surface area contributed by atoms with Gasteiger partial charge in [-0.2, -0.15) is 0 Å². The lowest BCUT2D eigenvalue weighted by Crippen LogP contribution is -1.80. The van der Waals surface area contributed by atoms with Crippen LogP contribution in [0, 0.1) is 0 Å². The van der Waals surface area contributed by atoms with Crippen molar-refractivity contribution >= 4 is 39.8 Å². The summed E-state index contributed by atoms with van der Waals surface area (Å²) in [6.45, 7) is 0. The van der Waals surface area contributed by atoms with Gasteiger partial charge in [0, 0.05) is 33.6 Å². The molecule has 2 heteroatoms. The van der Waals surface area contributed by atoms with E-state index in [9.17, 15) is 0 Å². The van der Waals surface area contributed by atoms with Gasteiger partial charge >= 0.3 is 0 Å². The third-order valence-corrected chi connectivity index (χ3v) is 3.46. The highest BCUT2D eigenvalue weighted by molar-refractivity contribution is 6.14. The van der Waals surface area contributed by atoms with Crippen LogP contribution in [0.2, 0.25) is 0 Å². The van der Waals surface area contributed by atoms with Crippen LogP contribution in [0.1, 0.15) is 5.56 Å². The quantitative estimate of drug-likeness (QED) is 0.598. The third kappa shape index (κ3) is 1.54. The van der Waals surface area contributed by atoms with Crippen molar-refractivity contribution in [3.63, 3.8) is 0 Å². The Balaban J connectivity index is 2.20.